The van der Waals surface area contributed by atoms with Crippen LogP contribution in [0.3, 0.4) is 0 Å². The maximum absolute atomic E-state index is 11.8. The van der Waals surface area contributed by atoms with Crippen LogP contribution in [0.4, 0.5) is 5.69 Å². The quantitative estimate of drug-likeness (QED) is 0.611. The van der Waals surface area contributed by atoms with Gasteiger partial charge >= 0.3 is 5.97 Å². The van der Waals surface area contributed by atoms with Crippen LogP contribution in [-0.2, 0) is 0 Å². The lowest BCUT2D eigenvalue weighted by Crippen LogP contribution is -2.10. The summed E-state index contributed by atoms with van der Waals surface area (Å²) in [7, 11) is 3.93. The first-order chi connectivity index (χ1) is 8.66. The Labute approximate surface area is 107 Å². The highest BCUT2D eigenvalue weighted by molar-refractivity contribution is 5.90. The van der Waals surface area contributed by atoms with E-state index in [1.165, 1.54) is 0 Å². The third-order valence-electron chi connectivity index (χ3n) is 2.57. The molecule has 3 nitrogen and oxygen atoms in total. The van der Waals surface area contributed by atoms with Gasteiger partial charge < -0.3 is 9.64 Å². The summed E-state index contributed by atoms with van der Waals surface area (Å²) in [6.07, 6.45) is 0. The molecule has 0 aliphatic heterocycles. The van der Waals surface area contributed by atoms with Crippen molar-refractivity contribution in [1.82, 2.24) is 0 Å². The van der Waals surface area contributed by atoms with Gasteiger partial charge in [-0.3, -0.25) is 0 Å². The molecule has 0 atom stereocenters. The number of nitrogens with zero attached hydrogens (tertiary/aromatic N) is 1. The van der Waals surface area contributed by atoms with E-state index in [2.05, 4.69) is 0 Å². The van der Waals surface area contributed by atoms with Gasteiger partial charge in [0.25, 0.3) is 0 Å². The summed E-state index contributed by atoms with van der Waals surface area (Å²) >= 11 is 0. The minimum absolute atomic E-state index is 0.340. The van der Waals surface area contributed by atoms with E-state index in [-0.39, 0.29) is 5.97 Å². The molecule has 92 valence electrons. The Kier molecular flexibility index (Phi) is 3.63. The van der Waals surface area contributed by atoms with E-state index in [0.717, 1.165) is 5.69 Å². The van der Waals surface area contributed by atoms with Crippen molar-refractivity contribution in [3.8, 4) is 5.75 Å². The lowest BCUT2D eigenvalue weighted by Gasteiger charge is -2.12. The SMILES string of the molecule is CN(C)c1ccc(OC(=O)c2ccccc2)cc1. The average Bonchev–Trinajstić information content (AvgIpc) is 2.40. The fourth-order valence-electron chi connectivity index (χ4n) is 1.55. The number of carbonyl (C=O) groups excluding carboxylic acids is 1. The molecule has 0 saturated heterocycles. The van der Waals surface area contributed by atoms with E-state index >= 15 is 0 Å². The fourth-order valence-corrected chi connectivity index (χ4v) is 1.55. The van der Waals surface area contributed by atoms with Gasteiger partial charge in [0.15, 0.2) is 0 Å². The Morgan fingerprint density at radius 3 is 2.11 bits per heavy atom. The number of hydrogen-bond acceptors (Lipinski definition) is 3. The molecule has 0 heterocycles. The second-order valence-corrected chi connectivity index (χ2v) is 4.14. The van der Waals surface area contributed by atoms with Crippen molar-refractivity contribution in [2.45, 2.75) is 0 Å². The first kappa shape index (κ1) is 12.2. The molecule has 0 amide bonds. The summed E-state index contributed by atoms with van der Waals surface area (Å²) in [4.78, 5) is 13.8. The molecule has 0 unspecified atom stereocenters. The van der Waals surface area contributed by atoms with Gasteiger partial charge in [0.05, 0.1) is 5.56 Å². The Morgan fingerprint density at radius 2 is 1.56 bits per heavy atom. The normalized spacial score (nSPS) is 9.89. The molecule has 0 bridgehead atoms. The topological polar surface area (TPSA) is 29.5 Å². The lowest BCUT2D eigenvalue weighted by atomic mass is 10.2. The van der Waals surface area contributed by atoms with Crippen LogP contribution in [0.2, 0.25) is 0 Å². The van der Waals surface area contributed by atoms with Gasteiger partial charge in [-0.25, -0.2) is 4.79 Å². The zero-order valence-corrected chi connectivity index (χ0v) is 10.5. The van der Waals surface area contributed by atoms with Crippen LogP contribution in [0.15, 0.2) is 54.6 Å². The molecule has 0 aliphatic carbocycles. The molecular formula is C15H15NO2. The van der Waals surface area contributed by atoms with E-state index < -0.39 is 0 Å². The molecular weight excluding hydrogens is 226 g/mol. The Hall–Kier alpha value is -2.29. The van der Waals surface area contributed by atoms with E-state index in [4.69, 9.17) is 4.74 Å². The highest BCUT2D eigenvalue weighted by atomic mass is 16.5. The van der Waals surface area contributed by atoms with Crippen molar-refractivity contribution in [2.75, 3.05) is 19.0 Å². The monoisotopic (exact) mass is 241 g/mol. The summed E-state index contributed by atoms with van der Waals surface area (Å²) in [5, 5.41) is 0. The smallest absolute Gasteiger partial charge is 0.343 e. The fraction of sp³-hybridized carbons (Fsp3) is 0.133. The molecule has 18 heavy (non-hydrogen) atoms. The van der Waals surface area contributed by atoms with Crippen LogP contribution in [0.25, 0.3) is 0 Å². The van der Waals surface area contributed by atoms with Gasteiger partial charge in [0, 0.05) is 19.8 Å². The van der Waals surface area contributed by atoms with Gasteiger partial charge in [-0.2, -0.15) is 0 Å². The number of benzene rings is 2. The zero-order chi connectivity index (χ0) is 13.0. The lowest BCUT2D eigenvalue weighted by molar-refractivity contribution is 0.0735. The summed E-state index contributed by atoms with van der Waals surface area (Å²) < 4.78 is 5.28. The average molecular weight is 241 g/mol. The Bertz CT molecular complexity index is 518. The van der Waals surface area contributed by atoms with Crippen molar-refractivity contribution < 1.29 is 9.53 Å². The van der Waals surface area contributed by atoms with Crippen LogP contribution >= 0.6 is 0 Å². The van der Waals surface area contributed by atoms with Gasteiger partial charge in [-0.05, 0) is 36.4 Å². The summed E-state index contributed by atoms with van der Waals surface area (Å²) in [6.45, 7) is 0. The molecule has 0 fully saturated rings. The molecule has 2 rings (SSSR count). The highest BCUT2D eigenvalue weighted by Gasteiger charge is 2.07. The maximum atomic E-state index is 11.8. The molecule has 0 N–H and O–H groups in total. The number of rotatable bonds is 3. The van der Waals surface area contributed by atoms with Crippen LogP contribution in [0.5, 0.6) is 5.75 Å². The van der Waals surface area contributed by atoms with Crippen LogP contribution in [0, 0.1) is 0 Å². The van der Waals surface area contributed by atoms with Crippen LogP contribution < -0.4 is 9.64 Å². The van der Waals surface area contributed by atoms with Crippen LogP contribution in [-0.4, -0.2) is 20.1 Å². The van der Waals surface area contributed by atoms with E-state index in [1.54, 1.807) is 24.3 Å². The minimum Gasteiger partial charge on any atom is -0.423 e. The molecule has 2 aromatic rings. The molecule has 2 aromatic carbocycles. The van der Waals surface area contributed by atoms with E-state index in [1.807, 2.05) is 49.3 Å². The third-order valence-corrected chi connectivity index (χ3v) is 2.57. The molecule has 0 spiro atoms. The van der Waals surface area contributed by atoms with Gasteiger partial charge in [-0.15, -0.1) is 0 Å². The minimum atomic E-state index is -0.340. The number of ether oxygens (including phenoxy) is 1. The van der Waals surface area contributed by atoms with E-state index in [0.29, 0.717) is 11.3 Å². The Morgan fingerprint density at radius 1 is 0.944 bits per heavy atom. The predicted molar refractivity (Wildman–Crippen MR) is 72.2 cm³/mol. The van der Waals surface area contributed by atoms with Crippen molar-refractivity contribution in [3.63, 3.8) is 0 Å². The summed E-state index contributed by atoms with van der Waals surface area (Å²) in [5.74, 6) is 0.211. The standard InChI is InChI=1S/C15H15NO2/c1-16(2)13-8-10-14(11-9-13)18-15(17)12-6-4-3-5-7-12/h3-11H,1-2H3. The summed E-state index contributed by atoms with van der Waals surface area (Å²) in [6, 6.07) is 16.3. The van der Waals surface area contributed by atoms with Gasteiger partial charge in [0.1, 0.15) is 5.75 Å². The highest BCUT2D eigenvalue weighted by Crippen LogP contribution is 2.18. The predicted octanol–water partition coefficient (Wildman–Crippen LogP) is 2.97. The van der Waals surface area contributed by atoms with Crippen molar-refractivity contribution >= 4 is 11.7 Å². The first-order valence-electron chi connectivity index (χ1n) is 5.71. The van der Waals surface area contributed by atoms with E-state index in [9.17, 15) is 4.79 Å². The second-order valence-electron chi connectivity index (χ2n) is 4.14. The second kappa shape index (κ2) is 5.36. The summed E-state index contributed by atoms with van der Waals surface area (Å²) in [5.41, 5.74) is 1.61. The number of anilines is 1. The maximum Gasteiger partial charge on any atom is 0.343 e. The molecule has 0 radical (unpaired) electrons. The van der Waals surface area contributed by atoms with Crippen molar-refractivity contribution in [1.29, 1.82) is 0 Å². The first-order valence-corrected chi connectivity index (χ1v) is 5.71. The van der Waals surface area contributed by atoms with Crippen molar-refractivity contribution in [2.24, 2.45) is 0 Å². The number of esters is 1. The number of carbonyl (C=O) groups is 1. The largest absolute Gasteiger partial charge is 0.423 e. The van der Waals surface area contributed by atoms with Crippen LogP contribution in [0.1, 0.15) is 10.4 Å². The van der Waals surface area contributed by atoms with Crippen molar-refractivity contribution in [3.05, 3.63) is 60.2 Å². The zero-order valence-electron chi connectivity index (χ0n) is 10.5. The Balaban J connectivity index is 2.08. The molecule has 3 heteroatoms. The molecule has 0 aromatic heterocycles. The number of hydrogen-bond donors (Lipinski definition) is 0. The molecule has 0 aliphatic rings. The molecule has 0 saturated carbocycles. The third kappa shape index (κ3) is 2.88. The van der Waals surface area contributed by atoms with Gasteiger partial charge in [0.2, 0.25) is 0 Å². The van der Waals surface area contributed by atoms with Gasteiger partial charge in [-0.1, -0.05) is 18.2 Å².